The summed E-state index contributed by atoms with van der Waals surface area (Å²) in [5.74, 6) is 0.142. The maximum Gasteiger partial charge on any atom is 0.251 e. The van der Waals surface area contributed by atoms with Crippen molar-refractivity contribution in [1.82, 2.24) is 20.3 Å². The van der Waals surface area contributed by atoms with Crippen molar-refractivity contribution in [2.75, 3.05) is 12.4 Å². The van der Waals surface area contributed by atoms with Gasteiger partial charge < -0.3 is 20.4 Å². The lowest BCUT2D eigenvalue weighted by Gasteiger charge is -2.09. The second-order valence-electron chi connectivity index (χ2n) is 6.42. The molecule has 8 heteroatoms. The van der Waals surface area contributed by atoms with E-state index in [9.17, 15) is 9.18 Å². The van der Waals surface area contributed by atoms with Crippen molar-refractivity contribution in [3.8, 4) is 11.6 Å². The molecule has 0 spiro atoms. The molecule has 146 valence electrons. The van der Waals surface area contributed by atoms with E-state index in [-0.39, 0.29) is 17.5 Å². The van der Waals surface area contributed by atoms with E-state index < -0.39 is 5.82 Å². The molecule has 0 radical (unpaired) electrons. The molecule has 2 aromatic heterocycles. The summed E-state index contributed by atoms with van der Waals surface area (Å²) < 4.78 is 20.3. The molecule has 0 aliphatic carbocycles. The number of aromatic nitrogens is 3. The van der Waals surface area contributed by atoms with Crippen molar-refractivity contribution in [2.24, 2.45) is 0 Å². The predicted molar refractivity (Wildman–Crippen MR) is 108 cm³/mol. The molecular weight excluding hydrogens is 373 g/mol. The fourth-order valence-corrected chi connectivity index (χ4v) is 2.94. The van der Waals surface area contributed by atoms with Crippen LogP contribution in [-0.2, 0) is 0 Å². The number of aromatic amines is 1. The summed E-state index contributed by atoms with van der Waals surface area (Å²) in [6.45, 7) is 1.86. The second kappa shape index (κ2) is 7.59. The van der Waals surface area contributed by atoms with E-state index in [1.807, 2.05) is 6.92 Å². The molecule has 0 bridgehead atoms. The molecule has 0 saturated heterocycles. The summed E-state index contributed by atoms with van der Waals surface area (Å²) in [5.41, 5.74) is 2.86. The van der Waals surface area contributed by atoms with Crippen LogP contribution in [0.25, 0.3) is 10.9 Å². The van der Waals surface area contributed by atoms with Gasteiger partial charge >= 0.3 is 0 Å². The number of amides is 1. The van der Waals surface area contributed by atoms with Crippen LogP contribution in [0.5, 0.6) is 11.6 Å². The molecular formula is C21H18FN5O2. The number of hydrogen-bond acceptors (Lipinski definition) is 5. The van der Waals surface area contributed by atoms with Gasteiger partial charge in [-0.3, -0.25) is 4.79 Å². The van der Waals surface area contributed by atoms with E-state index >= 15 is 0 Å². The summed E-state index contributed by atoms with van der Waals surface area (Å²) in [7, 11) is 1.58. The Labute approximate surface area is 166 Å². The normalized spacial score (nSPS) is 10.7. The number of anilines is 2. The van der Waals surface area contributed by atoms with Gasteiger partial charge in [-0.15, -0.1) is 0 Å². The first kappa shape index (κ1) is 18.4. The lowest BCUT2D eigenvalue weighted by atomic mass is 10.2. The lowest BCUT2D eigenvalue weighted by Crippen LogP contribution is -2.17. The fraction of sp³-hybridized carbons (Fsp3) is 0.0952. The van der Waals surface area contributed by atoms with Crippen LogP contribution in [0.2, 0.25) is 0 Å². The van der Waals surface area contributed by atoms with E-state index in [4.69, 9.17) is 4.74 Å². The number of halogens is 1. The molecule has 3 N–H and O–H groups in total. The molecule has 0 unspecified atom stereocenters. The van der Waals surface area contributed by atoms with Crippen LogP contribution in [0, 0.1) is 12.7 Å². The number of carbonyl (C=O) groups excluding carboxylic acids is 1. The summed E-state index contributed by atoms with van der Waals surface area (Å²) in [6, 6.07) is 13.5. The van der Waals surface area contributed by atoms with E-state index in [2.05, 4.69) is 25.6 Å². The number of carbonyl (C=O) groups is 1. The quantitative estimate of drug-likeness (QED) is 0.472. The third-order valence-electron chi connectivity index (χ3n) is 4.34. The Morgan fingerprint density at radius 3 is 2.66 bits per heavy atom. The minimum absolute atomic E-state index is 0.0797. The third kappa shape index (κ3) is 3.86. The summed E-state index contributed by atoms with van der Waals surface area (Å²) in [4.78, 5) is 22.9. The number of nitrogens with zero attached hydrogens (tertiary/aromatic N) is 2. The van der Waals surface area contributed by atoms with Gasteiger partial charge in [-0.25, -0.2) is 14.4 Å². The van der Waals surface area contributed by atoms with Crippen LogP contribution in [0.3, 0.4) is 0 Å². The fourth-order valence-electron chi connectivity index (χ4n) is 2.94. The minimum atomic E-state index is -0.454. The molecule has 0 saturated carbocycles. The molecule has 0 atom stereocenters. The highest BCUT2D eigenvalue weighted by molar-refractivity contribution is 5.94. The van der Waals surface area contributed by atoms with Gasteiger partial charge in [0.2, 0.25) is 5.88 Å². The zero-order chi connectivity index (χ0) is 20.4. The van der Waals surface area contributed by atoms with Crippen LogP contribution in [0.4, 0.5) is 15.9 Å². The Balaban J connectivity index is 1.53. The van der Waals surface area contributed by atoms with Crippen LogP contribution < -0.4 is 15.4 Å². The van der Waals surface area contributed by atoms with Gasteiger partial charge in [0.15, 0.2) is 11.6 Å². The average Bonchev–Trinajstić information content (AvgIpc) is 3.12. The number of aryl methyl sites for hydroxylation is 1. The van der Waals surface area contributed by atoms with Gasteiger partial charge in [-0.1, -0.05) is 0 Å². The summed E-state index contributed by atoms with van der Waals surface area (Å²) in [5, 5.41) is 6.13. The Bertz CT molecular complexity index is 1190. The predicted octanol–water partition coefficient (Wildman–Crippen LogP) is 4.30. The standard InChI is InChI=1S/C21H18FN5O2/c1-12-9-15-16(26-12)7-8-17(20(15)22)29-19-10-18(24-11-25-19)27-14-5-3-13(4-6-14)21(28)23-2/h3-11,26H,1-2H3,(H,23,28)(H,24,25,27). The number of benzene rings is 2. The van der Waals surface area contributed by atoms with Crippen molar-refractivity contribution in [1.29, 1.82) is 0 Å². The lowest BCUT2D eigenvalue weighted by molar-refractivity contribution is 0.0963. The molecule has 2 aromatic carbocycles. The largest absolute Gasteiger partial charge is 0.436 e. The van der Waals surface area contributed by atoms with Crippen molar-refractivity contribution in [3.63, 3.8) is 0 Å². The molecule has 7 nitrogen and oxygen atoms in total. The van der Waals surface area contributed by atoms with Crippen molar-refractivity contribution < 1.29 is 13.9 Å². The zero-order valence-electron chi connectivity index (χ0n) is 15.8. The SMILES string of the molecule is CNC(=O)c1ccc(Nc2cc(Oc3ccc4[nH]c(C)cc4c3F)ncn2)cc1. The number of nitrogens with one attached hydrogen (secondary N) is 3. The minimum Gasteiger partial charge on any atom is -0.436 e. The van der Waals surface area contributed by atoms with E-state index in [0.29, 0.717) is 22.3 Å². The second-order valence-corrected chi connectivity index (χ2v) is 6.42. The highest BCUT2D eigenvalue weighted by atomic mass is 19.1. The number of ether oxygens (including phenoxy) is 1. The van der Waals surface area contributed by atoms with Gasteiger partial charge in [-0.05, 0) is 49.4 Å². The van der Waals surface area contributed by atoms with Gasteiger partial charge in [0.1, 0.15) is 12.1 Å². The van der Waals surface area contributed by atoms with E-state index in [1.54, 1.807) is 55.6 Å². The Hall–Kier alpha value is -3.94. The van der Waals surface area contributed by atoms with Gasteiger partial charge in [0.25, 0.3) is 5.91 Å². The Morgan fingerprint density at radius 2 is 1.90 bits per heavy atom. The van der Waals surface area contributed by atoms with Crippen molar-refractivity contribution >= 4 is 28.3 Å². The van der Waals surface area contributed by atoms with Crippen LogP contribution in [-0.4, -0.2) is 27.9 Å². The highest BCUT2D eigenvalue weighted by Gasteiger charge is 2.12. The number of hydrogen-bond donors (Lipinski definition) is 3. The molecule has 2 heterocycles. The first-order valence-corrected chi connectivity index (χ1v) is 8.90. The van der Waals surface area contributed by atoms with Crippen molar-refractivity contribution in [3.05, 3.63) is 71.9 Å². The summed E-state index contributed by atoms with van der Waals surface area (Å²) in [6.07, 6.45) is 1.33. The monoisotopic (exact) mass is 391 g/mol. The van der Waals surface area contributed by atoms with E-state index in [0.717, 1.165) is 11.4 Å². The summed E-state index contributed by atoms with van der Waals surface area (Å²) >= 11 is 0. The number of H-pyrrole nitrogens is 1. The number of rotatable bonds is 5. The topological polar surface area (TPSA) is 91.9 Å². The molecule has 0 aliphatic rings. The molecule has 0 fully saturated rings. The smallest absolute Gasteiger partial charge is 0.251 e. The van der Waals surface area contributed by atoms with Crippen LogP contribution in [0.15, 0.2) is 54.9 Å². The molecule has 4 aromatic rings. The van der Waals surface area contributed by atoms with Gasteiger partial charge in [-0.2, -0.15) is 0 Å². The third-order valence-corrected chi connectivity index (χ3v) is 4.34. The van der Waals surface area contributed by atoms with Crippen molar-refractivity contribution in [2.45, 2.75) is 6.92 Å². The van der Waals surface area contributed by atoms with Gasteiger partial charge in [0.05, 0.1) is 0 Å². The molecule has 1 amide bonds. The van der Waals surface area contributed by atoms with Crippen LogP contribution in [0.1, 0.15) is 16.1 Å². The molecule has 4 rings (SSSR count). The first-order chi connectivity index (χ1) is 14.0. The number of fused-ring (bicyclic) bond motifs is 1. The van der Waals surface area contributed by atoms with Crippen LogP contribution >= 0.6 is 0 Å². The Morgan fingerprint density at radius 1 is 1.10 bits per heavy atom. The zero-order valence-corrected chi connectivity index (χ0v) is 15.8. The molecule has 0 aliphatic heterocycles. The maximum atomic E-state index is 14.7. The molecule has 29 heavy (non-hydrogen) atoms. The van der Waals surface area contributed by atoms with Gasteiger partial charge in [0, 0.05) is 41.0 Å². The van der Waals surface area contributed by atoms with E-state index in [1.165, 1.54) is 6.33 Å². The Kier molecular flexibility index (Phi) is 4.82. The maximum absolute atomic E-state index is 14.7. The average molecular weight is 391 g/mol. The highest BCUT2D eigenvalue weighted by Crippen LogP contribution is 2.30. The first-order valence-electron chi connectivity index (χ1n) is 8.90.